The van der Waals surface area contributed by atoms with Crippen molar-refractivity contribution in [3.8, 4) is 0 Å². The third-order valence-corrected chi connectivity index (χ3v) is 5.78. The van der Waals surface area contributed by atoms with Crippen LogP contribution in [0, 0.1) is 12.3 Å². The molecule has 1 aromatic carbocycles. The summed E-state index contributed by atoms with van der Waals surface area (Å²) in [6, 6.07) is 8.57. The number of rotatable bonds is 0. The van der Waals surface area contributed by atoms with Crippen LogP contribution >= 0.6 is 11.3 Å². The van der Waals surface area contributed by atoms with Crippen LogP contribution in [0.1, 0.15) is 37.2 Å². The molecule has 4 rings (SSSR count). The van der Waals surface area contributed by atoms with E-state index in [4.69, 9.17) is 10.8 Å². The summed E-state index contributed by atoms with van der Waals surface area (Å²) in [6.07, 6.45) is 1.88. The molecule has 112 valence electrons. The molecule has 0 unspecified atom stereocenters. The monoisotopic (exact) mass is 309 g/mol. The zero-order chi connectivity index (χ0) is 15.5. The van der Waals surface area contributed by atoms with Gasteiger partial charge in [-0.2, -0.15) is 5.10 Å². The molecule has 2 heterocycles. The van der Waals surface area contributed by atoms with Crippen molar-refractivity contribution in [1.82, 2.24) is 4.98 Å². The summed E-state index contributed by atoms with van der Waals surface area (Å²) in [7, 11) is 0. The van der Waals surface area contributed by atoms with Gasteiger partial charge in [-0.3, -0.25) is 4.98 Å². The standard InChI is InChI=1S/C18H19N3S/c1-10-17-15(11-6-4-5-7-14(11)22-17)16-12(20-10)8-18(2,3)9-13(16)21-19/h4-7H,8-9,19H2,1-3H3/b21-13+. The molecule has 1 aliphatic rings. The lowest BCUT2D eigenvalue weighted by atomic mass is 9.74. The molecule has 2 aromatic heterocycles. The Bertz CT molecular complexity index is 934. The van der Waals surface area contributed by atoms with E-state index in [0.717, 1.165) is 29.9 Å². The van der Waals surface area contributed by atoms with Crippen molar-refractivity contribution < 1.29 is 0 Å². The van der Waals surface area contributed by atoms with Crippen molar-refractivity contribution in [1.29, 1.82) is 0 Å². The molecule has 0 saturated heterocycles. The highest BCUT2D eigenvalue weighted by molar-refractivity contribution is 7.26. The maximum atomic E-state index is 5.74. The molecule has 0 radical (unpaired) electrons. The predicted molar refractivity (Wildman–Crippen MR) is 94.7 cm³/mol. The molecule has 4 heteroatoms. The molecule has 0 bridgehead atoms. The van der Waals surface area contributed by atoms with E-state index < -0.39 is 0 Å². The summed E-state index contributed by atoms with van der Waals surface area (Å²) in [5, 5.41) is 6.72. The van der Waals surface area contributed by atoms with E-state index in [1.165, 1.54) is 25.7 Å². The fourth-order valence-corrected chi connectivity index (χ4v) is 4.76. The van der Waals surface area contributed by atoms with Gasteiger partial charge in [0.15, 0.2) is 0 Å². The van der Waals surface area contributed by atoms with Gasteiger partial charge in [0.1, 0.15) is 0 Å². The van der Waals surface area contributed by atoms with Gasteiger partial charge < -0.3 is 5.84 Å². The Labute approximate surface area is 133 Å². The molecule has 0 saturated carbocycles. The van der Waals surface area contributed by atoms with Gasteiger partial charge in [0.05, 0.1) is 21.8 Å². The van der Waals surface area contributed by atoms with Crippen LogP contribution in [0.15, 0.2) is 29.4 Å². The van der Waals surface area contributed by atoms with E-state index in [0.29, 0.717) is 0 Å². The van der Waals surface area contributed by atoms with E-state index in [2.05, 4.69) is 50.1 Å². The van der Waals surface area contributed by atoms with Crippen LogP contribution in [0.3, 0.4) is 0 Å². The van der Waals surface area contributed by atoms with E-state index >= 15 is 0 Å². The first kappa shape index (κ1) is 13.7. The maximum Gasteiger partial charge on any atom is 0.0703 e. The zero-order valence-corrected chi connectivity index (χ0v) is 13.9. The lowest BCUT2D eigenvalue weighted by molar-refractivity contribution is 0.368. The number of fused-ring (bicyclic) bond motifs is 5. The quantitative estimate of drug-likeness (QED) is 0.494. The summed E-state index contributed by atoms with van der Waals surface area (Å²) in [5.41, 5.74) is 4.59. The van der Waals surface area contributed by atoms with E-state index in [-0.39, 0.29) is 5.41 Å². The Hall–Kier alpha value is -1.94. The fraction of sp³-hybridized carbons (Fsp3) is 0.333. The summed E-state index contributed by atoms with van der Waals surface area (Å²) in [4.78, 5) is 4.90. The molecular formula is C18H19N3S. The maximum absolute atomic E-state index is 5.74. The van der Waals surface area contributed by atoms with Crippen molar-refractivity contribution in [2.45, 2.75) is 33.6 Å². The van der Waals surface area contributed by atoms with Crippen molar-refractivity contribution in [2.75, 3.05) is 0 Å². The Kier molecular flexibility index (Phi) is 2.82. The smallest absolute Gasteiger partial charge is 0.0703 e. The normalized spacial score (nSPS) is 19.0. The number of hydrogen-bond acceptors (Lipinski definition) is 4. The van der Waals surface area contributed by atoms with Crippen LogP contribution in [0.4, 0.5) is 0 Å². The van der Waals surface area contributed by atoms with Gasteiger partial charge in [0.25, 0.3) is 0 Å². The third kappa shape index (κ3) is 1.87. The van der Waals surface area contributed by atoms with E-state index in [1.807, 2.05) is 11.3 Å². The first-order chi connectivity index (χ1) is 10.5. The van der Waals surface area contributed by atoms with Crippen LogP contribution in [-0.4, -0.2) is 10.7 Å². The van der Waals surface area contributed by atoms with Crippen LogP contribution in [0.5, 0.6) is 0 Å². The molecule has 0 aliphatic heterocycles. The SMILES string of the molecule is Cc1nc2c(c3c1sc1ccccc13)/C(=N/N)CC(C)(C)C2. The van der Waals surface area contributed by atoms with Crippen LogP contribution < -0.4 is 5.84 Å². The number of pyridine rings is 1. The number of aryl methyl sites for hydroxylation is 1. The van der Waals surface area contributed by atoms with Gasteiger partial charge >= 0.3 is 0 Å². The second kappa shape index (κ2) is 4.53. The van der Waals surface area contributed by atoms with Gasteiger partial charge in [0.2, 0.25) is 0 Å². The summed E-state index contributed by atoms with van der Waals surface area (Å²) >= 11 is 1.82. The second-order valence-electron chi connectivity index (χ2n) is 6.91. The van der Waals surface area contributed by atoms with Gasteiger partial charge in [-0.15, -0.1) is 11.3 Å². The second-order valence-corrected chi connectivity index (χ2v) is 7.97. The number of nitrogens with two attached hydrogens (primary N) is 1. The van der Waals surface area contributed by atoms with Crippen molar-refractivity contribution in [3.05, 3.63) is 41.2 Å². The molecule has 3 aromatic rings. The number of hydrazone groups is 1. The van der Waals surface area contributed by atoms with Gasteiger partial charge in [-0.05, 0) is 31.2 Å². The fourth-order valence-electron chi connectivity index (χ4n) is 3.61. The number of thiophene rings is 1. The highest BCUT2D eigenvalue weighted by Crippen LogP contribution is 2.43. The number of nitrogens with zero attached hydrogens (tertiary/aromatic N) is 2. The average molecular weight is 309 g/mol. The largest absolute Gasteiger partial charge is 0.323 e. The van der Waals surface area contributed by atoms with Gasteiger partial charge in [-0.25, -0.2) is 0 Å². The van der Waals surface area contributed by atoms with Gasteiger partial charge in [-0.1, -0.05) is 32.0 Å². The highest BCUT2D eigenvalue weighted by atomic mass is 32.1. The van der Waals surface area contributed by atoms with Crippen LogP contribution in [0.25, 0.3) is 20.2 Å². The van der Waals surface area contributed by atoms with E-state index in [9.17, 15) is 0 Å². The Morgan fingerprint density at radius 3 is 2.77 bits per heavy atom. The Morgan fingerprint density at radius 1 is 1.23 bits per heavy atom. The molecular weight excluding hydrogens is 290 g/mol. The number of benzene rings is 1. The summed E-state index contributed by atoms with van der Waals surface area (Å²) in [6.45, 7) is 6.63. The lowest BCUT2D eigenvalue weighted by Crippen LogP contribution is -2.29. The molecule has 3 nitrogen and oxygen atoms in total. The minimum atomic E-state index is 0.157. The van der Waals surface area contributed by atoms with Crippen molar-refractivity contribution in [3.63, 3.8) is 0 Å². The zero-order valence-electron chi connectivity index (χ0n) is 13.1. The van der Waals surface area contributed by atoms with Crippen molar-refractivity contribution >= 4 is 37.2 Å². The van der Waals surface area contributed by atoms with Crippen LogP contribution in [-0.2, 0) is 6.42 Å². The molecule has 0 spiro atoms. The van der Waals surface area contributed by atoms with Crippen molar-refractivity contribution in [2.24, 2.45) is 16.4 Å². The summed E-state index contributed by atoms with van der Waals surface area (Å²) < 4.78 is 2.57. The topological polar surface area (TPSA) is 51.3 Å². The summed E-state index contributed by atoms with van der Waals surface area (Å²) in [5.74, 6) is 5.74. The third-order valence-electron chi connectivity index (χ3n) is 4.50. The first-order valence-electron chi connectivity index (χ1n) is 7.58. The minimum absolute atomic E-state index is 0.157. The molecule has 2 N–H and O–H groups in total. The van der Waals surface area contributed by atoms with E-state index in [1.54, 1.807) is 0 Å². The lowest BCUT2D eigenvalue weighted by Gasteiger charge is -2.32. The van der Waals surface area contributed by atoms with Gasteiger partial charge in [0, 0.05) is 21.0 Å². The Morgan fingerprint density at radius 2 is 2.00 bits per heavy atom. The molecule has 0 fully saturated rings. The highest BCUT2D eigenvalue weighted by Gasteiger charge is 2.33. The number of aromatic nitrogens is 1. The van der Waals surface area contributed by atoms with Crippen LogP contribution in [0.2, 0.25) is 0 Å². The average Bonchev–Trinajstić information content (AvgIpc) is 2.85. The molecule has 0 amide bonds. The molecule has 1 aliphatic carbocycles. The minimum Gasteiger partial charge on any atom is -0.323 e. The molecule has 22 heavy (non-hydrogen) atoms. The first-order valence-corrected chi connectivity index (χ1v) is 8.40. The number of hydrogen-bond donors (Lipinski definition) is 1. The predicted octanol–water partition coefficient (Wildman–Crippen LogP) is 4.39. The molecule has 0 atom stereocenters. The Balaban J connectivity index is 2.19.